The molecule has 0 saturated heterocycles. The number of amides is 1. The van der Waals surface area contributed by atoms with E-state index in [4.69, 9.17) is 0 Å². The van der Waals surface area contributed by atoms with Crippen LogP contribution >= 0.6 is 0 Å². The molecule has 146 valence electrons. The Hall–Kier alpha value is -2.18. The Kier molecular flexibility index (Phi) is 7.56. The maximum Gasteiger partial charge on any atom is 0.239 e. The minimum Gasteiger partial charge on any atom is -0.324 e. The third kappa shape index (κ3) is 6.81. The van der Waals surface area contributed by atoms with Gasteiger partial charge in [-0.2, -0.15) is 0 Å². The number of carbonyl (C=O) groups excluding carboxylic acids is 1. The van der Waals surface area contributed by atoms with Crippen molar-refractivity contribution in [1.82, 2.24) is 4.72 Å². The highest BCUT2D eigenvalue weighted by Gasteiger charge is 2.15. The lowest BCUT2D eigenvalue weighted by atomic mass is 9.98. The molecule has 0 aromatic heterocycles. The average molecular weight is 389 g/mol. The summed E-state index contributed by atoms with van der Waals surface area (Å²) in [5.41, 5.74) is 3.86. The fourth-order valence-corrected chi connectivity index (χ4v) is 3.90. The molecule has 2 aromatic rings. The summed E-state index contributed by atoms with van der Waals surface area (Å²) >= 11 is 0. The van der Waals surface area contributed by atoms with E-state index in [0.717, 1.165) is 22.4 Å². The number of nitrogens with one attached hydrogen (secondary N) is 2. The minimum atomic E-state index is -3.49. The molecule has 27 heavy (non-hydrogen) atoms. The first-order valence-electron chi connectivity index (χ1n) is 9.19. The van der Waals surface area contributed by atoms with Gasteiger partial charge in [0.1, 0.15) is 0 Å². The Morgan fingerprint density at radius 2 is 1.74 bits per heavy atom. The van der Waals surface area contributed by atoms with Crippen molar-refractivity contribution in [1.29, 1.82) is 0 Å². The van der Waals surface area contributed by atoms with E-state index in [9.17, 15) is 13.2 Å². The average Bonchev–Trinajstić information content (AvgIpc) is 2.62. The van der Waals surface area contributed by atoms with Crippen LogP contribution in [-0.2, 0) is 21.2 Å². The predicted molar refractivity (Wildman–Crippen MR) is 110 cm³/mol. The Bertz CT molecular complexity index is 862. The van der Waals surface area contributed by atoms with Crippen LogP contribution < -0.4 is 10.0 Å². The van der Waals surface area contributed by atoms with Gasteiger partial charge in [-0.25, -0.2) is 13.1 Å². The van der Waals surface area contributed by atoms with Crippen molar-refractivity contribution in [3.63, 3.8) is 0 Å². The molecule has 0 unspecified atom stereocenters. The van der Waals surface area contributed by atoms with Crippen LogP contribution in [0.2, 0.25) is 0 Å². The maximum atomic E-state index is 12.2. The Labute approximate surface area is 162 Å². The maximum absolute atomic E-state index is 12.2. The summed E-state index contributed by atoms with van der Waals surface area (Å²) < 4.78 is 26.7. The molecule has 0 atom stereocenters. The van der Waals surface area contributed by atoms with Crippen LogP contribution in [0.1, 0.15) is 42.9 Å². The van der Waals surface area contributed by atoms with E-state index in [2.05, 4.69) is 23.9 Å². The summed E-state index contributed by atoms with van der Waals surface area (Å²) in [7, 11) is -3.49. The van der Waals surface area contributed by atoms with Gasteiger partial charge in [0.25, 0.3) is 0 Å². The van der Waals surface area contributed by atoms with Crippen molar-refractivity contribution in [3.8, 4) is 0 Å². The summed E-state index contributed by atoms with van der Waals surface area (Å²) in [4.78, 5) is 12.2. The zero-order chi connectivity index (χ0) is 19.9. The van der Waals surface area contributed by atoms with E-state index in [0.29, 0.717) is 12.8 Å². The van der Waals surface area contributed by atoms with Gasteiger partial charge in [0.2, 0.25) is 15.9 Å². The molecule has 2 N–H and O–H groups in total. The molecular formula is C21H28N2O3S. The van der Waals surface area contributed by atoms with Gasteiger partial charge < -0.3 is 5.32 Å². The molecule has 0 saturated carbocycles. The lowest BCUT2D eigenvalue weighted by Crippen LogP contribution is -2.34. The van der Waals surface area contributed by atoms with Crippen molar-refractivity contribution in [3.05, 3.63) is 65.2 Å². The van der Waals surface area contributed by atoms with Crippen molar-refractivity contribution in [2.75, 3.05) is 17.6 Å². The lowest BCUT2D eigenvalue weighted by molar-refractivity contribution is -0.115. The number of carbonyl (C=O) groups is 1. The largest absolute Gasteiger partial charge is 0.324 e. The van der Waals surface area contributed by atoms with Gasteiger partial charge >= 0.3 is 0 Å². The highest BCUT2D eigenvalue weighted by atomic mass is 32.2. The number of para-hydroxylation sites is 1. The zero-order valence-corrected chi connectivity index (χ0v) is 17.0. The summed E-state index contributed by atoms with van der Waals surface area (Å²) in [6.45, 7) is 5.77. The molecule has 0 radical (unpaired) electrons. The molecule has 0 fully saturated rings. The van der Waals surface area contributed by atoms with E-state index in [1.54, 1.807) is 0 Å². The highest BCUT2D eigenvalue weighted by molar-refractivity contribution is 7.89. The summed E-state index contributed by atoms with van der Waals surface area (Å²) in [5, 5.41) is 2.85. The van der Waals surface area contributed by atoms with Crippen LogP contribution in [0.4, 0.5) is 5.69 Å². The van der Waals surface area contributed by atoms with Gasteiger partial charge in [-0.3, -0.25) is 4.79 Å². The number of aryl methyl sites for hydroxylation is 2. The molecule has 6 heteroatoms. The second kappa shape index (κ2) is 9.67. The molecule has 2 aromatic carbocycles. The summed E-state index contributed by atoms with van der Waals surface area (Å²) in [5.74, 6) is -0.107. The number of hydrogen-bond acceptors (Lipinski definition) is 3. The molecule has 5 nitrogen and oxygen atoms in total. The number of anilines is 1. The fraction of sp³-hybridized carbons (Fsp3) is 0.381. The summed E-state index contributed by atoms with van der Waals surface area (Å²) in [6.07, 6.45) is 1.20. The standard InChI is InChI=1S/C21H28N2O3S/c1-16(2)19-13-7-9-17(3)21(19)23-20(24)15-22-27(25,26)14-8-12-18-10-5-4-6-11-18/h4-7,9-11,13,16,22H,8,12,14-15H2,1-3H3,(H,23,24). The van der Waals surface area contributed by atoms with Gasteiger partial charge in [-0.1, -0.05) is 62.4 Å². The molecule has 2 rings (SSSR count). The van der Waals surface area contributed by atoms with E-state index < -0.39 is 10.0 Å². The van der Waals surface area contributed by atoms with E-state index in [1.165, 1.54) is 0 Å². The second-order valence-corrected chi connectivity index (χ2v) is 8.90. The number of sulfonamides is 1. The third-order valence-electron chi connectivity index (χ3n) is 4.37. The van der Waals surface area contributed by atoms with Crippen LogP contribution in [0, 0.1) is 6.92 Å². The van der Waals surface area contributed by atoms with Gasteiger partial charge in [0.05, 0.1) is 12.3 Å². The normalized spacial score (nSPS) is 11.6. The second-order valence-electron chi connectivity index (χ2n) is 6.97. The predicted octanol–water partition coefficient (Wildman–Crippen LogP) is 3.61. The van der Waals surface area contributed by atoms with Gasteiger partial charge in [-0.05, 0) is 42.4 Å². The van der Waals surface area contributed by atoms with E-state index in [-0.39, 0.29) is 24.1 Å². The van der Waals surface area contributed by atoms with E-state index >= 15 is 0 Å². The number of hydrogen-bond donors (Lipinski definition) is 2. The first-order valence-corrected chi connectivity index (χ1v) is 10.8. The Morgan fingerprint density at radius 1 is 1.04 bits per heavy atom. The Morgan fingerprint density at radius 3 is 2.41 bits per heavy atom. The van der Waals surface area contributed by atoms with Crippen LogP contribution in [0.25, 0.3) is 0 Å². The Balaban J connectivity index is 1.86. The van der Waals surface area contributed by atoms with Crippen LogP contribution in [-0.4, -0.2) is 26.6 Å². The van der Waals surface area contributed by atoms with Gasteiger partial charge in [0, 0.05) is 5.69 Å². The minimum absolute atomic E-state index is 0.00319. The van der Waals surface area contributed by atoms with Crippen molar-refractivity contribution < 1.29 is 13.2 Å². The third-order valence-corrected chi connectivity index (χ3v) is 5.78. The zero-order valence-electron chi connectivity index (χ0n) is 16.2. The van der Waals surface area contributed by atoms with Crippen molar-refractivity contribution in [2.45, 2.75) is 39.5 Å². The summed E-state index contributed by atoms with van der Waals surface area (Å²) in [6, 6.07) is 15.6. The first kappa shape index (κ1) is 21.1. The first-order chi connectivity index (χ1) is 12.8. The highest BCUT2D eigenvalue weighted by Crippen LogP contribution is 2.27. The van der Waals surface area contributed by atoms with Gasteiger partial charge in [0.15, 0.2) is 0 Å². The molecule has 0 bridgehead atoms. The van der Waals surface area contributed by atoms with E-state index in [1.807, 2.05) is 55.5 Å². The molecule has 0 aliphatic heterocycles. The fourth-order valence-electron chi connectivity index (χ4n) is 2.88. The smallest absolute Gasteiger partial charge is 0.239 e. The quantitative estimate of drug-likeness (QED) is 0.689. The lowest BCUT2D eigenvalue weighted by Gasteiger charge is -2.16. The van der Waals surface area contributed by atoms with Crippen molar-refractivity contribution in [2.24, 2.45) is 0 Å². The van der Waals surface area contributed by atoms with Crippen molar-refractivity contribution >= 4 is 21.6 Å². The molecule has 0 aliphatic carbocycles. The molecule has 0 heterocycles. The topological polar surface area (TPSA) is 75.3 Å². The molecular weight excluding hydrogens is 360 g/mol. The molecule has 0 aliphatic rings. The number of benzene rings is 2. The molecule has 1 amide bonds. The van der Waals surface area contributed by atoms with Crippen LogP contribution in [0.3, 0.4) is 0 Å². The number of rotatable bonds is 9. The monoisotopic (exact) mass is 388 g/mol. The van der Waals surface area contributed by atoms with Crippen LogP contribution in [0.15, 0.2) is 48.5 Å². The van der Waals surface area contributed by atoms with Gasteiger partial charge in [-0.15, -0.1) is 0 Å². The van der Waals surface area contributed by atoms with Crippen LogP contribution in [0.5, 0.6) is 0 Å². The molecule has 0 spiro atoms. The SMILES string of the molecule is Cc1cccc(C(C)C)c1NC(=O)CNS(=O)(=O)CCCc1ccccc1.